The van der Waals surface area contributed by atoms with Crippen molar-refractivity contribution in [1.29, 1.82) is 5.26 Å². The van der Waals surface area contributed by atoms with Crippen LogP contribution >= 0.6 is 11.6 Å². The largest absolute Gasteiger partial charge is 0.440 e. The molecule has 25 heavy (non-hydrogen) atoms. The zero-order valence-electron chi connectivity index (χ0n) is 13.0. The summed E-state index contributed by atoms with van der Waals surface area (Å²) in [7, 11) is 0. The van der Waals surface area contributed by atoms with Crippen molar-refractivity contribution in [2.24, 2.45) is 5.73 Å². The lowest BCUT2D eigenvalue weighted by Gasteiger charge is -2.27. The maximum Gasteiger partial charge on any atom is 0.205 e. The second kappa shape index (κ2) is 5.80. The second-order valence-corrected chi connectivity index (χ2v) is 6.21. The third kappa shape index (κ3) is 2.41. The summed E-state index contributed by atoms with van der Waals surface area (Å²) in [6.45, 7) is 0. The molecule has 0 aliphatic carbocycles. The fourth-order valence-electron chi connectivity index (χ4n) is 3.22. The van der Waals surface area contributed by atoms with Gasteiger partial charge in [-0.3, -0.25) is 0 Å². The van der Waals surface area contributed by atoms with Crippen LogP contribution in [0.15, 0.2) is 66.1 Å². The monoisotopic (exact) mass is 350 g/mol. The van der Waals surface area contributed by atoms with Crippen molar-refractivity contribution in [2.75, 3.05) is 0 Å². The molecule has 0 fully saturated rings. The predicted molar refractivity (Wildman–Crippen MR) is 94.7 cm³/mol. The van der Waals surface area contributed by atoms with Gasteiger partial charge in [-0.25, -0.2) is 4.39 Å². The number of halogens is 2. The molecule has 0 saturated carbocycles. The SMILES string of the molecule is N#CC1=C(N)Oc2c(ccc3ccccc23)C1c1ccc(F)c(Cl)c1. The molecule has 1 aliphatic rings. The number of ether oxygens (including phenoxy) is 1. The number of hydrogen-bond donors (Lipinski definition) is 1. The molecular formula is C20H12ClFN2O. The van der Waals surface area contributed by atoms with Gasteiger partial charge in [0.2, 0.25) is 5.88 Å². The molecule has 1 heterocycles. The van der Waals surface area contributed by atoms with Crippen molar-refractivity contribution in [2.45, 2.75) is 5.92 Å². The Balaban J connectivity index is 2.01. The van der Waals surface area contributed by atoms with Gasteiger partial charge in [0.25, 0.3) is 0 Å². The van der Waals surface area contributed by atoms with Crippen molar-refractivity contribution in [3.8, 4) is 11.8 Å². The van der Waals surface area contributed by atoms with Crippen LogP contribution in [0, 0.1) is 17.1 Å². The highest BCUT2D eigenvalue weighted by atomic mass is 35.5. The van der Waals surface area contributed by atoms with Crippen LogP contribution in [-0.2, 0) is 0 Å². The minimum absolute atomic E-state index is 0.00203. The Bertz CT molecular complexity index is 1080. The number of nitrogens with zero attached hydrogens (tertiary/aromatic N) is 1. The Morgan fingerprint density at radius 1 is 1.12 bits per heavy atom. The molecule has 2 N–H and O–H groups in total. The molecule has 3 aromatic rings. The Labute approximate surface area is 148 Å². The molecule has 3 nitrogen and oxygen atoms in total. The minimum Gasteiger partial charge on any atom is -0.440 e. The summed E-state index contributed by atoms with van der Waals surface area (Å²) >= 11 is 5.95. The van der Waals surface area contributed by atoms with E-state index in [2.05, 4.69) is 6.07 Å². The van der Waals surface area contributed by atoms with E-state index in [0.717, 1.165) is 16.3 Å². The first kappa shape index (κ1) is 15.5. The molecule has 1 unspecified atom stereocenters. The van der Waals surface area contributed by atoms with E-state index in [-0.39, 0.29) is 16.5 Å². The molecule has 0 bridgehead atoms. The fourth-order valence-corrected chi connectivity index (χ4v) is 3.41. The Morgan fingerprint density at radius 2 is 1.92 bits per heavy atom. The van der Waals surface area contributed by atoms with Crippen molar-refractivity contribution in [3.05, 3.63) is 88.0 Å². The summed E-state index contributed by atoms with van der Waals surface area (Å²) in [4.78, 5) is 0. The normalized spacial score (nSPS) is 16.3. The lowest BCUT2D eigenvalue weighted by Crippen LogP contribution is -2.21. The first-order chi connectivity index (χ1) is 12.1. The smallest absolute Gasteiger partial charge is 0.205 e. The summed E-state index contributed by atoms with van der Waals surface area (Å²) in [6, 6.07) is 18.2. The van der Waals surface area contributed by atoms with E-state index in [1.165, 1.54) is 12.1 Å². The van der Waals surface area contributed by atoms with Crippen LogP contribution in [0.5, 0.6) is 5.75 Å². The molecule has 3 aromatic carbocycles. The second-order valence-electron chi connectivity index (χ2n) is 5.80. The highest BCUT2D eigenvalue weighted by Crippen LogP contribution is 2.45. The third-order valence-corrected chi connectivity index (χ3v) is 4.67. The maximum atomic E-state index is 13.6. The van der Waals surface area contributed by atoms with Gasteiger partial charge in [-0.2, -0.15) is 5.26 Å². The van der Waals surface area contributed by atoms with Gasteiger partial charge in [-0.15, -0.1) is 0 Å². The molecule has 0 spiro atoms. The van der Waals surface area contributed by atoms with Crippen LogP contribution in [0.1, 0.15) is 17.0 Å². The van der Waals surface area contributed by atoms with Gasteiger partial charge >= 0.3 is 0 Å². The summed E-state index contributed by atoms with van der Waals surface area (Å²) in [5, 5.41) is 11.5. The zero-order chi connectivity index (χ0) is 17.6. The predicted octanol–water partition coefficient (Wildman–Crippen LogP) is 4.85. The zero-order valence-corrected chi connectivity index (χ0v) is 13.7. The van der Waals surface area contributed by atoms with Crippen LogP contribution in [0.2, 0.25) is 5.02 Å². The van der Waals surface area contributed by atoms with Gasteiger partial charge in [0.05, 0.1) is 10.9 Å². The van der Waals surface area contributed by atoms with Crippen LogP contribution < -0.4 is 10.5 Å². The summed E-state index contributed by atoms with van der Waals surface area (Å²) < 4.78 is 19.3. The summed E-state index contributed by atoms with van der Waals surface area (Å²) in [5.41, 5.74) is 7.79. The maximum absolute atomic E-state index is 13.6. The fraction of sp³-hybridized carbons (Fsp3) is 0.0500. The molecule has 1 atom stereocenters. The average Bonchev–Trinajstić information content (AvgIpc) is 2.63. The summed E-state index contributed by atoms with van der Waals surface area (Å²) in [6.07, 6.45) is 0. The number of benzene rings is 3. The molecule has 5 heteroatoms. The molecule has 122 valence electrons. The lowest BCUT2D eigenvalue weighted by atomic mass is 9.82. The number of nitrogens with two attached hydrogens (primary N) is 1. The molecule has 1 aliphatic heterocycles. The van der Waals surface area contributed by atoms with E-state index in [0.29, 0.717) is 11.3 Å². The molecule has 4 rings (SSSR count). The average molecular weight is 351 g/mol. The number of nitriles is 1. The Kier molecular flexibility index (Phi) is 3.60. The van der Waals surface area contributed by atoms with Gasteiger partial charge in [0, 0.05) is 10.9 Å². The van der Waals surface area contributed by atoms with E-state index < -0.39 is 11.7 Å². The highest BCUT2D eigenvalue weighted by Gasteiger charge is 2.31. The molecular weight excluding hydrogens is 339 g/mol. The topological polar surface area (TPSA) is 59.0 Å². The third-order valence-electron chi connectivity index (χ3n) is 4.38. The minimum atomic E-state index is -0.508. The molecule has 0 saturated heterocycles. The highest BCUT2D eigenvalue weighted by molar-refractivity contribution is 6.30. The van der Waals surface area contributed by atoms with Crippen molar-refractivity contribution < 1.29 is 9.13 Å². The number of fused-ring (bicyclic) bond motifs is 3. The van der Waals surface area contributed by atoms with Gasteiger partial charge in [-0.05, 0) is 23.1 Å². The van der Waals surface area contributed by atoms with Crippen molar-refractivity contribution in [1.82, 2.24) is 0 Å². The molecule has 0 amide bonds. The van der Waals surface area contributed by atoms with E-state index >= 15 is 0 Å². The van der Waals surface area contributed by atoms with E-state index in [9.17, 15) is 9.65 Å². The van der Waals surface area contributed by atoms with Crippen molar-refractivity contribution >= 4 is 22.4 Å². The van der Waals surface area contributed by atoms with E-state index in [1.807, 2.05) is 36.4 Å². The van der Waals surface area contributed by atoms with Gasteiger partial charge in [-0.1, -0.05) is 54.1 Å². The molecule has 0 radical (unpaired) electrons. The Morgan fingerprint density at radius 3 is 2.68 bits per heavy atom. The standard InChI is InChI=1S/C20H12ClFN2O/c21-16-9-12(6-8-17(16)22)18-14-7-5-11-3-1-2-4-13(11)19(14)25-20(24)15(18)10-23/h1-9,18H,24H2. The first-order valence-electron chi connectivity index (χ1n) is 7.64. The van der Waals surface area contributed by atoms with Gasteiger partial charge in [0.15, 0.2) is 0 Å². The van der Waals surface area contributed by atoms with E-state index in [4.69, 9.17) is 22.1 Å². The van der Waals surface area contributed by atoms with E-state index in [1.54, 1.807) is 6.07 Å². The van der Waals surface area contributed by atoms with Crippen LogP contribution in [0.4, 0.5) is 4.39 Å². The summed E-state index contributed by atoms with van der Waals surface area (Å²) in [5.74, 6) is -0.306. The van der Waals surface area contributed by atoms with Crippen LogP contribution in [0.3, 0.4) is 0 Å². The van der Waals surface area contributed by atoms with Gasteiger partial charge in [0.1, 0.15) is 23.2 Å². The van der Waals surface area contributed by atoms with Crippen molar-refractivity contribution in [3.63, 3.8) is 0 Å². The van der Waals surface area contributed by atoms with Gasteiger partial charge < -0.3 is 10.5 Å². The number of rotatable bonds is 1. The molecule has 0 aromatic heterocycles. The Hall–Kier alpha value is -3.03. The first-order valence-corrected chi connectivity index (χ1v) is 8.02. The number of allylic oxidation sites excluding steroid dienone is 1. The number of hydrogen-bond acceptors (Lipinski definition) is 3. The van der Waals surface area contributed by atoms with Crippen LogP contribution in [0.25, 0.3) is 10.8 Å². The quantitative estimate of drug-likeness (QED) is 0.682. The lowest BCUT2D eigenvalue weighted by molar-refractivity contribution is 0.398. The van der Waals surface area contributed by atoms with Crippen LogP contribution in [-0.4, -0.2) is 0 Å².